The molecule has 4 rings (SSSR count). The fourth-order valence-corrected chi connectivity index (χ4v) is 3.43. The normalized spacial score (nSPS) is 16.4. The Morgan fingerprint density at radius 1 is 1.04 bits per heavy atom. The summed E-state index contributed by atoms with van der Waals surface area (Å²) in [5.74, 6) is 1.42. The molecular weight excluding hydrogens is 368 g/mol. The van der Waals surface area contributed by atoms with Crippen molar-refractivity contribution in [3.63, 3.8) is 0 Å². The summed E-state index contributed by atoms with van der Waals surface area (Å²) < 4.78 is 16.2. The fraction of sp³-hybridized carbons (Fsp3) is 0.350. The van der Waals surface area contributed by atoms with Crippen molar-refractivity contribution in [3.05, 3.63) is 58.6 Å². The summed E-state index contributed by atoms with van der Waals surface area (Å²) in [6, 6.07) is 13.4. The van der Waals surface area contributed by atoms with E-state index in [0.29, 0.717) is 37.0 Å². The van der Waals surface area contributed by atoms with Gasteiger partial charge in [0.2, 0.25) is 6.79 Å². The lowest BCUT2D eigenvalue weighted by Gasteiger charge is -2.34. The van der Waals surface area contributed by atoms with Crippen LogP contribution in [0.5, 0.6) is 11.5 Å². The molecular formula is C20H21ClN2O4. The molecule has 2 heterocycles. The Morgan fingerprint density at radius 3 is 2.48 bits per heavy atom. The zero-order valence-corrected chi connectivity index (χ0v) is 15.7. The van der Waals surface area contributed by atoms with Crippen LogP contribution in [0.4, 0.5) is 4.79 Å². The molecule has 6 nitrogen and oxygen atoms in total. The lowest BCUT2D eigenvalue weighted by molar-refractivity contribution is 0.0700. The number of amides is 1. The minimum atomic E-state index is -0.264. The Bertz CT molecular complexity index is 807. The van der Waals surface area contributed by atoms with E-state index in [1.165, 1.54) is 0 Å². The van der Waals surface area contributed by atoms with Crippen LogP contribution in [0.2, 0.25) is 5.02 Å². The predicted octanol–water partition coefficient (Wildman–Crippen LogP) is 3.52. The van der Waals surface area contributed by atoms with Crippen molar-refractivity contribution >= 4 is 17.7 Å². The second-order valence-electron chi connectivity index (χ2n) is 6.60. The molecule has 0 aromatic heterocycles. The highest BCUT2D eigenvalue weighted by atomic mass is 35.5. The summed E-state index contributed by atoms with van der Waals surface area (Å²) in [6.45, 7) is 4.05. The Hall–Kier alpha value is -2.44. The van der Waals surface area contributed by atoms with Gasteiger partial charge in [0.1, 0.15) is 6.61 Å². The molecule has 0 N–H and O–H groups in total. The zero-order valence-electron chi connectivity index (χ0n) is 14.9. The van der Waals surface area contributed by atoms with Gasteiger partial charge in [-0.3, -0.25) is 4.90 Å². The minimum absolute atomic E-state index is 0.235. The van der Waals surface area contributed by atoms with Gasteiger partial charge in [-0.05, 0) is 17.2 Å². The Balaban J connectivity index is 1.27. The van der Waals surface area contributed by atoms with Crippen LogP contribution in [0.3, 0.4) is 0 Å². The van der Waals surface area contributed by atoms with Crippen LogP contribution >= 0.6 is 11.6 Å². The van der Waals surface area contributed by atoms with E-state index in [2.05, 4.69) is 4.90 Å². The number of nitrogens with zero attached hydrogens (tertiary/aromatic N) is 2. The maximum atomic E-state index is 12.3. The van der Waals surface area contributed by atoms with E-state index in [1.807, 2.05) is 36.4 Å². The number of fused-ring (bicyclic) bond motifs is 1. The molecule has 0 unspecified atom stereocenters. The Morgan fingerprint density at radius 2 is 1.74 bits per heavy atom. The van der Waals surface area contributed by atoms with E-state index in [4.69, 9.17) is 25.8 Å². The van der Waals surface area contributed by atoms with Gasteiger partial charge in [0.05, 0.1) is 0 Å². The van der Waals surface area contributed by atoms with Crippen LogP contribution in [0, 0.1) is 0 Å². The van der Waals surface area contributed by atoms with Crippen molar-refractivity contribution in [1.82, 2.24) is 9.80 Å². The summed E-state index contributed by atoms with van der Waals surface area (Å²) in [5, 5.41) is 0.670. The molecule has 1 fully saturated rings. The predicted molar refractivity (Wildman–Crippen MR) is 101 cm³/mol. The Kier molecular flexibility index (Phi) is 5.36. The highest BCUT2D eigenvalue weighted by Gasteiger charge is 2.24. The molecule has 142 valence electrons. The molecule has 1 saturated heterocycles. The standard InChI is InChI=1S/C20H21ClN2O4/c21-17-11-19-18(26-14-27-19)10-16(17)12-22-6-8-23(9-7-22)20(24)25-13-15-4-2-1-3-5-15/h1-5,10-11H,6-9,12-14H2. The number of hydrogen-bond acceptors (Lipinski definition) is 5. The highest BCUT2D eigenvalue weighted by molar-refractivity contribution is 6.31. The molecule has 2 aliphatic rings. The van der Waals surface area contributed by atoms with Gasteiger partial charge in [0.15, 0.2) is 11.5 Å². The van der Waals surface area contributed by atoms with Gasteiger partial charge in [-0.1, -0.05) is 41.9 Å². The monoisotopic (exact) mass is 388 g/mol. The van der Waals surface area contributed by atoms with Crippen LogP contribution in [-0.2, 0) is 17.9 Å². The summed E-state index contributed by atoms with van der Waals surface area (Å²) in [6.07, 6.45) is -0.264. The highest BCUT2D eigenvalue weighted by Crippen LogP contribution is 2.37. The number of benzene rings is 2. The van der Waals surface area contributed by atoms with Gasteiger partial charge < -0.3 is 19.1 Å². The molecule has 7 heteroatoms. The van der Waals surface area contributed by atoms with Gasteiger partial charge in [-0.2, -0.15) is 0 Å². The third-order valence-electron chi connectivity index (χ3n) is 4.77. The second kappa shape index (κ2) is 8.06. The van der Waals surface area contributed by atoms with E-state index in [-0.39, 0.29) is 12.9 Å². The van der Waals surface area contributed by atoms with Crippen LogP contribution in [0.25, 0.3) is 0 Å². The van der Waals surface area contributed by atoms with Gasteiger partial charge >= 0.3 is 6.09 Å². The average Bonchev–Trinajstić information content (AvgIpc) is 3.15. The van der Waals surface area contributed by atoms with Crippen molar-refractivity contribution in [2.24, 2.45) is 0 Å². The van der Waals surface area contributed by atoms with Gasteiger partial charge in [-0.15, -0.1) is 0 Å². The Labute approximate surface area is 163 Å². The summed E-state index contributed by atoms with van der Waals surface area (Å²) in [4.78, 5) is 16.3. The van der Waals surface area contributed by atoms with Gasteiger partial charge in [0, 0.05) is 43.8 Å². The van der Waals surface area contributed by atoms with Crippen molar-refractivity contribution in [1.29, 1.82) is 0 Å². The van der Waals surface area contributed by atoms with E-state index in [0.717, 1.165) is 30.0 Å². The fourth-order valence-electron chi connectivity index (χ4n) is 3.22. The zero-order chi connectivity index (χ0) is 18.6. The first kappa shape index (κ1) is 17.9. The summed E-state index contributed by atoms with van der Waals surface area (Å²) in [5.41, 5.74) is 1.99. The number of piperazine rings is 1. The smallest absolute Gasteiger partial charge is 0.410 e. The lowest BCUT2D eigenvalue weighted by atomic mass is 10.1. The number of halogens is 1. The van der Waals surface area contributed by atoms with Crippen LogP contribution in [0.1, 0.15) is 11.1 Å². The SMILES string of the molecule is O=C(OCc1ccccc1)N1CCN(Cc2cc3c(cc2Cl)OCO3)CC1. The minimum Gasteiger partial charge on any atom is -0.454 e. The molecule has 0 spiro atoms. The number of hydrogen-bond donors (Lipinski definition) is 0. The third-order valence-corrected chi connectivity index (χ3v) is 5.12. The lowest BCUT2D eigenvalue weighted by Crippen LogP contribution is -2.48. The number of carbonyl (C=O) groups excluding carboxylic acids is 1. The van der Waals surface area contributed by atoms with Gasteiger partial charge in [-0.25, -0.2) is 4.79 Å². The molecule has 0 atom stereocenters. The van der Waals surface area contributed by atoms with E-state index in [1.54, 1.807) is 11.0 Å². The molecule has 0 saturated carbocycles. The largest absolute Gasteiger partial charge is 0.454 e. The summed E-state index contributed by atoms with van der Waals surface area (Å²) >= 11 is 6.36. The molecule has 1 amide bonds. The van der Waals surface area contributed by atoms with Crippen LogP contribution in [-0.4, -0.2) is 48.9 Å². The van der Waals surface area contributed by atoms with Crippen LogP contribution in [0.15, 0.2) is 42.5 Å². The molecule has 0 bridgehead atoms. The molecule has 2 aliphatic heterocycles. The average molecular weight is 389 g/mol. The first-order chi connectivity index (χ1) is 13.2. The van der Waals surface area contributed by atoms with E-state index < -0.39 is 0 Å². The maximum Gasteiger partial charge on any atom is 0.410 e. The maximum absolute atomic E-state index is 12.3. The van der Waals surface area contributed by atoms with Crippen LogP contribution < -0.4 is 9.47 Å². The third kappa shape index (κ3) is 4.28. The number of ether oxygens (including phenoxy) is 3. The second-order valence-corrected chi connectivity index (χ2v) is 7.01. The van der Waals surface area contributed by atoms with E-state index in [9.17, 15) is 4.79 Å². The summed E-state index contributed by atoms with van der Waals surface area (Å²) in [7, 11) is 0. The molecule has 27 heavy (non-hydrogen) atoms. The number of rotatable bonds is 4. The van der Waals surface area contributed by atoms with E-state index >= 15 is 0 Å². The van der Waals surface area contributed by atoms with Gasteiger partial charge in [0.25, 0.3) is 0 Å². The molecule has 2 aromatic rings. The molecule has 2 aromatic carbocycles. The quantitative estimate of drug-likeness (QED) is 0.802. The number of carbonyl (C=O) groups is 1. The first-order valence-electron chi connectivity index (χ1n) is 8.95. The first-order valence-corrected chi connectivity index (χ1v) is 9.33. The molecule has 0 aliphatic carbocycles. The van der Waals surface area contributed by atoms with Crippen molar-refractivity contribution in [2.45, 2.75) is 13.2 Å². The van der Waals surface area contributed by atoms with Crippen molar-refractivity contribution in [3.8, 4) is 11.5 Å². The van der Waals surface area contributed by atoms with Crippen molar-refractivity contribution in [2.75, 3.05) is 33.0 Å². The topological polar surface area (TPSA) is 51.2 Å². The molecule has 0 radical (unpaired) electrons. The van der Waals surface area contributed by atoms with Crippen molar-refractivity contribution < 1.29 is 19.0 Å².